The van der Waals surface area contributed by atoms with Gasteiger partial charge in [-0.3, -0.25) is 0 Å². The molecule has 9 heavy (non-hydrogen) atoms. The highest BCUT2D eigenvalue weighted by molar-refractivity contribution is 7.79. The molecule has 0 rings (SSSR count). The van der Waals surface area contributed by atoms with Crippen LogP contribution in [-0.2, 0) is 4.74 Å². The number of aliphatic hydroxyl groups is 1. The summed E-state index contributed by atoms with van der Waals surface area (Å²) in [5.74, 6) is 0. The molecule has 3 nitrogen and oxygen atoms in total. The Bertz CT molecular complexity index is 97.0. The number of methoxy groups -OCH3 is 1. The summed E-state index contributed by atoms with van der Waals surface area (Å²) in [6, 6.07) is 0. The maximum atomic E-state index is 8.65. The van der Waals surface area contributed by atoms with Gasteiger partial charge in [0.05, 0.1) is 6.61 Å². The monoisotopic (exact) mass is 149 g/mol. The van der Waals surface area contributed by atoms with Crippen molar-refractivity contribution < 1.29 is 9.84 Å². The lowest BCUT2D eigenvalue weighted by Crippen LogP contribution is -2.27. The molecule has 0 aliphatic heterocycles. The molecule has 0 unspecified atom stereocenters. The Morgan fingerprint density at radius 2 is 2.33 bits per heavy atom. The SMILES string of the molecule is COCCN(C)C(O)=S. The van der Waals surface area contributed by atoms with Gasteiger partial charge in [0.1, 0.15) is 0 Å². The van der Waals surface area contributed by atoms with Crippen LogP contribution >= 0.6 is 12.2 Å². The van der Waals surface area contributed by atoms with E-state index in [1.807, 2.05) is 0 Å². The van der Waals surface area contributed by atoms with Crippen molar-refractivity contribution in [3.63, 3.8) is 0 Å². The van der Waals surface area contributed by atoms with E-state index in [9.17, 15) is 0 Å². The second-order valence-corrected chi connectivity index (χ2v) is 2.06. The van der Waals surface area contributed by atoms with Crippen LogP contribution in [0, 0.1) is 0 Å². The fraction of sp³-hybridized carbons (Fsp3) is 0.800. The highest BCUT2D eigenvalue weighted by Gasteiger charge is 1.97. The zero-order valence-corrected chi connectivity index (χ0v) is 6.44. The summed E-state index contributed by atoms with van der Waals surface area (Å²) < 4.78 is 4.75. The average molecular weight is 149 g/mol. The molecular formula is C5H11NO2S. The largest absolute Gasteiger partial charge is 0.487 e. The topological polar surface area (TPSA) is 32.7 Å². The van der Waals surface area contributed by atoms with Crippen LogP contribution in [0.25, 0.3) is 0 Å². The summed E-state index contributed by atoms with van der Waals surface area (Å²) in [6.45, 7) is 1.21. The summed E-state index contributed by atoms with van der Waals surface area (Å²) >= 11 is 4.46. The quantitative estimate of drug-likeness (QED) is 0.589. The van der Waals surface area contributed by atoms with Gasteiger partial charge in [-0.15, -0.1) is 0 Å². The van der Waals surface area contributed by atoms with Gasteiger partial charge < -0.3 is 14.7 Å². The van der Waals surface area contributed by atoms with E-state index in [1.54, 1.807) is 19.1 Å². The number of hydrogen-bond donors (Lipinski definition) is 1. The van der Waals surface area contributed by atoms with Crippen molar-refractivity contribution in [3.8, 4) is 0 Å². The van der Waals surface area contributed by atoms with Crippen LogP contribution in [0.5, 0.6) is 0 Å². The van der Waals surface area contributed by atoms with Gasteiger partial charge in [0, 0.05) is 20.7 Å². The lowest BCUT2D eigenvalue weighted by atomic mass is 10.6. The predicted molar refractivity (Wildman–Crippen MR) is 39.7 cm³/mol. The first-order chi connectivity index (χ1) is 4.18. The zero-order valence-electron chi connectivity index (χ0n) is 5.63. The van der Waals surface area contributed by atoms with E-state index in [4.69, 9.17) is 9.84 Å². The first kappa shape index (κ1) is 8.65. The molecule has 54 valence electrons. The molecule has 0 radical (unpaired) electrons. The van der Waals surface area contributed by atoms with Gasteiger partial charge in [0.15, 0.2) is 0 Å². The second kappa shape index (κ2) is 4.52. The maximum Gasteiger partial charge on any atom is 0.256 e. The third-order valence-electron chi connectivity index (χ3n) is 0.957. The molecule has 0 fully saturated rings. The molecule has 0 aliphatic rings. The average Bonchev–Trinajstić information content (AvgIpc) is 1.82. The molecule has 1 N–H and O–H groups in total. The number of likely N-dealkylation sites (N-methyl/N-ethyl adjacent to an activating group) is 1. The van der Waals surface area contributed by atoms with E-state index < -0.39 is 0 Å². The summed E-state index contributed by atoms with van der Waals surface area (Å²) in [7, 11) is 3.32. The van der Waals surface area contributed by atoms with Gasteiger partial charge in [-0.1, -0.05) is 0 Å². The van der Waals surface area contributed by atoms with Crippen molar-refractivity contribution in [1.29, 1.82) is 0 Å². The highest BCUT2D eigenvalue weighted by atomic mass is 32.1. The molecule has 0 saturated carbocycles. The van der Waals surface area contributed by atoms with Crippen molar-refractivity contribution in [3.05, 3.63) is 0 Å². The summed E-state index contributed by atoms with van der Waals surface area (Å²) in [5.41, 5.74) is 0. The van der Waals surface area contributed by atoms with Crippen molar-refractivity contribution in [1.82, 2.24) is 4.90 Å². The summed E-state index contributed by atoms with van der Waals surface area (Å²) in [5, 5.41) is 8.56. The molecule has 0 heterocycles. The minimum Gasteiger partial charge on any atom is -0.487 e. The molecule has 0 aromatic carbocycles. The van der Waals surface area contributed by atoms with Crippen molar-refractivity contribution in [2.24, 2.45) is 0 Å². The van der Waals surface area contributed by atoms with Gasteiger partial charge in [0.2, 0.25) is 0 Å². The fourth-order valence-corrected chi connectivity index (χ4v) is 0.415. The van der Waals surface area contributed by atoms with E-state index in [0.717, 1.165) is 0 Å². The number of aliphatic hydroxyl groups excluding tert-OH is 1. The third-order valence-corrected chi connectivity index (χ3v) is 1.27. The summed E-state index contributed by atoms with van der Waals surface area (Å²) in [6.07, 6.45) is 0. The number of thiocarbonyl (C=S) groups is 1. The number of nitrogens with zero attached hydrogens (tertiary/aromatic N) is 1. The van der Waals surface area contributed by atoms with Gasteiger partial charge in [-0.2, -0.15) is 0 Å². The minimum atomic E-state index is -0.0907. The van der Waals surface area contributed by atoms with Crippen LogP contribution in [0.1, 0.15) is 0 Å². The van der Waals surface area contributed by atoms with Crippen LogP contribution < -0.4 is 0 Å². The smallest absolute Gasteiger partial charge is 0.256 e. The molecule has 0 aromatic rings. The Morgan fingerprint density at radius 1 is 1.78 bits per heavy atom. The lowest BCUT2D eigenvalue weighted by Gasteiger charge is -2.13. The molecule has 0 amide bonds. The maximum absolute atomic E-state index is 8.65. The fourth-order valence-electron chi connectivity index (χ4n) is 0.324. The molecule has 0 aliphatic carbocycles. The Balaban J connectivity index is 3.27. The first-order valence-electron chi connectivity index (χ1n) is 2.61. The molecule has 0 spiro atoms. The zero-order chi connectivity index (χ0) is 7.28. The van der Waals surface area contributed by atoms with Crippen LogP contribution in [0.4, 0.5) is 0 Å². The Hall–Kier alpha value is -0.350. The molecule has 0 saturated heterocycles. The van der Waals surface area contributed by atoms with Crippen LogP contribution in [-0.4, -0.2) is 42.5 Å². The Morgan fingerprint density at radius 3 is 2.67 bits per heavy atom. The number of ether oxygens (including phenoxy) is 1. The van der Waals surface area contributed by atoms with E-state index in [0.29, 0.717) is 13.2 Å². The first-order valence-corrected chi connectivity index (χ1v) is 3.02. The molecule has 0 aromatic heterocycles. The number of hydrogen-bond acceptors (Lipinski definition) is 2. The third kappa shape index (κ3) is 4.17. The Kier molecular flexibility index (Phi) is 4.35. The van der Waals surface area contributed by atoms with Gasteiger partial charge in [0.25, 0.3) is 5.17 Å². The number of rotatable bonds is 3. The van der Waals surface area contributed by atoms with Crippen LogP contribution in [0.15, 0.2) is 0 Å². The van der Waals surface area contributed by atoms with Gasteiger partial charge in [-0.05, 0) is 12.2 Å². The molecule has 0 atom stereocenters. The Labute approximate surface area is 60.2 Å². The normalized spacial score (nSPS) is 9.11. The lowest BCUT2D eigenvalue weighted by molar-refractivity contribution is 0.178. The van der Waals surface area contributed by atoms with E-state index in [2.05, 4.69) is 12.2 Å². The van der Waals surface area contributed by atoms with Crippen molar-refractivity contribution in [2.75, 3.05) is 27.3 Å². The molecule has 0 bridgehead atoms. The predicted octanol–water partition coefficient (Wildman–Crippen LogP) is 0.408. The van der Waals surface area contributed by atoms with Gasteiger partial charge in [-0.25, -0.2) is 0 Å². The van der Waals surface area contributed by atoms with E-state index >= 15 is 0 Å². The van der Waals surface area contributed by atoms with E-state index in [-0.39, 0.29) is 5.17 Å². The standard InChI is InChI=1S/C5H11NO2S/c1-6(5(7)9)3-4-8-2/h3-4H2,1-2H3,(H,7,9). The molecular weight excluding hydrogens is 138 g/mol. The highest BCUT2D eigenvalue weighted by Crippen LogP contribution is 1.82. The summed E-state index contributed by atoms with van der Waals surface area (Å²) in [4.78, 5) is 1.54. The van der Waals surface area contributed by atoms with Crippen LogP contribution in [0.2, 0.25) is 0 Å². The van der Waals surface area contributed by atoms with Gasteiger partial charge >= 0.3 is 0 Å². The second-order valence-electron chi connectivity index (χ2n) is 1.70. The minimum absolute atomic E-state index is 0.0907. The van der Waals surface area contributed by atoms with Crippen molar-refractivity contribution in [2.45, 2.75) is 0 Å². The van der Waals surface area contributed by atoms with Crippen LogP contribution in [0.3, 0.4) is 0 Å². The van der Waals surface area contributed by atoms with E-state index in [1.165, 1.54) is 0 Å². The van der Waals surface area contributed by atoms with Crippen molar-refractivity contribution >= 4 is 17.4 Å². The molecule has 4 heteroatoms.